The number of nitrogens with zero attached hydrogens (tertiary/aromatic N) is 2. The Morgan fingerprint density at radius 2 is 2.50 bits per heavy atom. The number of halogens is 2. The van der Waals surface area contributed by atoms with Crippen molar-refractivity contribution in [3.05, 3.63) is 14.4 Å². The van der Waals surface area contributed by atoms with E-state index in [4.69, 9.17) is 0 Å². The van der Waals surface area contributed by atoms with Gasteiger partial charge in [0, 0.05) is 7.05 Å². The molecule has 0 N–H and O–H groups in total. The van der Waals surface area contributed by atoms with Crippen LogP contribution in [0.2, 0.25) is 0 Å². The van der Waals surface area contributed by atoms with Gasteiger partial charge in [0.1, 0.15) is 3.70 Å². The average Bonchev–Trinajstić information content (AvgIpc) is 1.98. The minimum atomic E-state index is 1.06. The Bertz CT molecular complexity index is 176. The first kappa shape index (κ1) is 6.54. The highest BCUT2D eigenvalue weighted by atomic mass is 127. The highest BCUT2D eigenvalue weighted by molar-refractivity contribution is 14.1. The van der Waals surface area contributed by atoms with Crippen LogP contribution in [0.25, 0.3) is 0 Å². The highest BCUT2D eigenvalue weighted by Gasteiger charge is 1.97. The van der Waals surface area contributed by atoms with Crippen LogP contribution >= 0.6 is 38.5 Å². The minimum Gasteiger partial charge on any atom is -0.261 e. The molecule has 0 radical (unpaired) electrons. The fourth-order valence-corrected chi connectivity index (χ4v) is 1.01. The molecule has 0 unspecified atom stereocenters. The van der Waals surface area contributed by atoms with Gasteiger partial charge in [-0.3, -0.25) is 4.68 Å². The molecule has 1 rings (SSSR count). The number of hydrogen-bond acceptors (Lipinski definition) is 1. The Kier molecular flexibility index (Phi) is 1.92. The van der Waals surface area contributed by atoms with Crippen LogP contribution in [0.5, 0.6) is 0 Å². The van der Waals surface area contributed by atoms with Gasteiger partial charge in [-0.05, 0) is 38.5 Å². The molecule has 44 valence electrons. The lowest BCUT2D eigenvalue weighted by Crippen LogP contribution is -1.90. The summed E-state index contributed by atoms with van der Waals surface area (Å²) in [5.41, 5.74) is 0. The van der Waals surface area contributed by atoms with Crippen LogP contribution in [0, 0.1) is 3.70 Å². The van der Waals surface area contributed by atoms with Gasteiger partial charge in [0.15, 0.2) is 0 Å². The van der Waals surface area contributed by atoms with Gasteiger partial charge in [-0.1, -0.05) is 0 Å². The van der Waals surface area contributed by atoms with Gasteiger partial charge in [0.25, 0.3) is 0 Å². The van der Waals surface area contributed by atoms with Crippen LogP contribution in [0.1, 0.15) is 0 Å². The standard InChI is InChI=1S/C4H4BrIN2/c1-8-4(6)3(5)2-7-8/h2H,1H3. The minimum absolute atomic E-state index is 1.06. The van der Waals surface area contributed by atoms with E-state index < -0.39 is 0 Å². The van der Waals surface area contributed by atoms with Crippen molar-refractivity contribution in [1.82, 2.24) is 9.78 Å². The predicted octanol–water partition coefficient (Wildman–Crippen LogP) is 1.79. The molecule has 0 aliphatic carbocycles. The van der Waals surface area contributed by atoms with E-state index in [1.165, 1.54) is 0 Å². The third-order valence-corrected chi connectivity index (χ3v) is 3.43. The quantitative estimate of drug-likeness (QED) is 0.665. The van der Waals surface area contributed by atoms with Crippen LogP contribution in [-0.4, -0.2) is 9.78 Å². The first-order chi connectivity index (χ1) is 3.72. The molecular formula is C4H4BrIN2. The maximum absolute atomic E-state index is 3.98. The topological polar surface area (TPSA) is 17.8 Å². The third-order valence-electron chi connectivity index (χ3n) is 0.825. The van der Waals surface area contributed by atoms with Crippen molar-refractivity contribution >= 4 is 38.5 Å². The van der Waals surface area contributed by atoms with E-state index in [0.717, 1.165) is 8.17 Å². The zero-order valence-corrected chi connectivity index (χ0v) is 7.97. The average molecular weight is 287 g/mol. The van der Waals surface area contributed by atoms with Crippen molar-refractivity contribution in [2.24, 2.45) is 7.05 Å². The molecule has 1 aromatic heterocycles. The lowest BCUT2D eigenvalue weighted by Gasteiger charge is -1.87. The normalized spacial score (nSPS) is 9.88. The molecule has 0 amide bonds. The van der Waals surface area contributed by atoms with E-state index >= 15 is 0 Å². The summed E-state index contributed by atoms with van der Waals surface area (Å²) in [7, 11) is 1.91. The van der Waals surface area contributed by atoms with E-state index in [2.05, 4.69) is 43.6 Å². The van der Waals surface area contributed by atoms with Crippen LogP contribution < -0.4 is 0 Å². The van der Waals surface area contributed by atoms with Gasteiger partial charge in [-0.25, -0.2) is 0 Å². The Morgan fingerprint density at radius 1 is 1.88 bits per heavy atom. The molecule has 0 spiro atoms. The van der Waals surface area contributed by atoms with Gasteiger partial charge < -0.3 is 0 Å². The lowest BCUT2D eigenvalue weighted by molar-refractivity contribution is 0.747. The van der Waals surface area contributed by atoms with Crippen LogP contribution in [-0.2, 0) is 7.05 Å². The Labute approximate surface area is 69.5 Å². The zero-order valence-electron chi connectivity index (χ0n) is 4.23. The van der Waals surface area contributed by atoms with Gasteiger partial charge >= 0.3 is 0 Å². The van der Waals surface area contributed by atoms with E-state index in [1.54, 1.807) is 6.20 Å². The van der Waals surface area contributed by atoms with Crippen molar-refractivity contribution in [2.75, 3.05) is 0 Å². The monoisotopic (exact) mass is 286 g/mol. The van der Waals surface area contributed by atoms with Gasteiger partial charge in [0.05, 0.1) is 10.7 Å². The van der Waals surface area contributed by atoms with E-state index in [-0.39, 0.29) is 0 Å². The highest BCUT2D eigenvalue weighted by Crippen LogP contribution is 2.15. The number of rotatable bonds is 0. The molecule has 0 bridgehead atoms. The second-order valence-corrected chi connectivity index (χ2v) is 3.28. The Hall–Kier alpha value is 0.420. The van der Waals surface area contributed by atoms with E-state index in [0.29, 0.717) is 0 Å². The summed E-state index contributed by atoms with van der Waals surface area (Å²) >= 11 is 5.54. The maximum Gasteiger partial charge on any atom is 0.113 e. The van der Waals surface area contributed by atoms with Gasteiger partial charge in [0.2, 0.25) is 0 Å². The van der Waals surface area contributed by atoms with Gasteiger partial charge in [-0.15, -0.1) is 0 Å². The predicted molar refractivity (Wildman–Crippen MR) is 43.6 cm³/mol. The fraction of sp³-hybridized carbons (Fsp3) is 0.250. The molecule has 0 aromatic carbocycles. The maximum atomic E-state index is 3.98. The summed E-state index contributed by atoms with van der Waals surface area (Å²) < 4.78 is 3.99. The molecule has 1 heterocycles. The summed E-state index contributed by atoms with van der Waals surface area (Å²) in [5, 5.41) is 3.98. The molecule has 0 aliphatic heterocycles. The number of hydrogen-bond donors (Lipinski definition) is 0. The summed E-state index contributed by atoms with van der Waals surface area (Å²) in [6.07, 6.45) is 1.78. The van der Waals surface area contributed by atoms with Crippen LogP contribution in [0.3, 0.4) is 0 Å². The summed E-state index contributed by atoms with van der Waals surface area (Å²) in [4.78, 5) is 0. The molecular weight excluding hydrogens is 283 g/mol. The molecule has 0 atom stereocenters. The molecule has 8 heavy (non-hydrogen) atoms. The first-order valence-corrected chi connectivity index (χ1v) is 3.92. The number of aryl methyl sites for hydroxylation is 1. The summed E-state index contributed by atoms with van der Waals surface area (Å²) in [6, 6.07) is 0. The van der Waals surface area contributed by atoms with Crippen molar-refractivity contribution in [1.29, 1.82) is 0 Å². The second-order valence-electron chi connectivity index (χ2n) is 1.41. The molecule has 0 aliphatic rings. The molecule has 2 nitrogen and oxygen atoms in total. The fourth-order valence-electron chi connectivity index (χ4n) is 0.396. The smallest absolute Gasteiger partial charge is 0.113 e. The summed E-state index contributed by atoms with van der Waals surface area (Å²) in [5.74, 6) is 0. The largest absolute Gasteiger partial charge is 0.261 e. The van der Waals surface area contributed by atoms with Crippen LogP contribution in [0.15, 0.2) is 10.7 Å². The number of aromatic nitrogens is 2. The van der Waals surface area contributed by atoms with Crippen LogP contribution in [0.4, 0.5) is 0 Å². The molecule has 1 aromatic rings. The van der Waals surface area contributed by atoms with E-state index in [1.807, 2.05) is 11.7 Å². The Morgan fingerprint density at radius 3 is 2.62 bits per heavy atom. The van der Waals surface area contributed by atoms with Crippen molar-refractivity contribution in [3.8, 4) is 0 Å². The third kappa shape index (κ3) is 1.05. The van der Waals surface area contributed by atoms with Crippen molar-refractivity contribution < 1.29 is 0 Å². The zero-order chi connectivity index (χ0) is 6.15. The van der Waals surface area contributed by atoms with Crippen molar-refractivity contribution in [2.45, 2.75) is 0 Å². The summed E-state index contributed by atoms with van der Waals surface area (Å²) in [6.45, 7) is 0. The second kappa shape index (κ2) is 2.34. The van der Waals surface area contributed by atoms with Gasteiger partial charge in [-0.2, -0.15) is 5.10 Å². The van der Waals surface area contributed by atoms with E-state index in [9.17, 15) is 0 Å². The molecule has 0 saturated carbocycles. The lowest BCUT2D eigenvalue weighted by atomic mass is 10.8. The first-order valence-electron chi connectivity index (χ1n) is 2.05. The Balaban J connectivity index is 3.19. The van der Waals surface area contributed by atoms with Crippen molar-refractivity contribution in [3.63, 3.8) is 0 Å². The molecule has 0 fully saturated rings. The molecule has 0 saturated heterocycles. The SMILES string of the molecule is Cn1ncc(Br)c1I. The molecule has 4 heteroatoms.